The van der Waals surface area contributed by atoms with Crippen LogP contribution in [0.4, 0.5) is 0 Å². The number of benzene rings is 2. The number of hydrogen-bond acceptors (Lipinski definition) is 2. The number of rotatable bonds is 4. The molecule has 1 heterocycles. The van der Waals surface area contributed by atoms with Crippen LogP contribution < -0.4 is 4.74 Å². The Kier molecular flexibility index (Phi) is 4.47. The van der Waals surface area contributed by atoms with Gasteiger partial charge in [0.1, 0.15) is 18.5 Å². The lowest BCUT2D eigenvalue weighted by atomic mass is 9.98. The van der Waals surface area contributed by atoms with Gasteiger partial charge in [-0.2, -0.15) is 0 Å². The van der Waals surface area contributed by atoms with E-state index in [4.69, 9.17) is 21.1 Å². The normalized spacial score (nSPS) is 17.3. The van der Waals surface area contributed by atoms with E-state index in [9.17, 15) is 0 Å². The topological polar surface area (TPSA) is 18.5 Å². The van der Waals surface area contributed by atoms with Crippen molar-refractivity contribution in [3.63, 3.8) is 0 Å². The Bertz CT molecular complexity index is 624. The van der Waals surface area contributed by atoms with Crippen molar-refractivity contribution in [2.24, 2.45) is 0 Å². The average Bonchev–Trinajstić information content (AvgIpc) is 2.53. The summed E-state index contributed by atoms with van der Waals surface area (Å²) in [6, 6.07) is 14.5. The van der Waals surface area contributed by atoms with Crippen LogP contribution in [0.1, 0.15) is 28.4 Å². The lowest BCUT2D eigenvalue weighted by Gasteiger charge is -2.26. The predicted molar refractivity (Wildman–Crippen MR) is 85.1 cm³/mol. The molecule has 110 valence electrons. The van der Waals surface area contributed by atoms with E-state index in [0.29, 0.717) is 12.5 Å². The molecule has 3 heteroatoms. The molecule has 0 fully saturated rings. The fourth-order valence-corrected chi connectivity index (χ4v) is 2.94. The van der Waals surface area contributed by atoms with Gasteiger partial charge in [-0.05, 0) is 30.5 Å². The number of aryl methyl sites for hydroxylation is 1. The van der Waals surface area contributed by atoms with E-state index in [1.54, 1.807) is 0 Å². The summed E-state index contributed by atoms with van der Waals surface area (Å²) in [4.78, 5) is 0. The number of hydrogen-bond donors (Lipinski definition) is 0. The third-order valence-electron chi connectivity index (χ3n) is 3.84. The van der Waals surface area contributed by atoms with Gasteiger partial charge in [-0.25, -0.2) is 0 Å². The zero-order chi connectivity index (χ0) is 14.7. The second kappa shape index (κ2) is 6.50. The summed E-state index contributed by atoms with van der Waals surface area (Å²) in [7, 11) is 0. The molecule has 1 aliphatic heterocycles. The first kappa shape index (κ1) is 14.4. The van der Waals surface area contributed by atoms with Gasteiger partial charge >= 0.3 is 0 Å². The van der Waals surface area contributed by atoms with Gasteiger partial charge in [0.25, 0.3) is 0 Å². The predicted octanol–water partition coefficient (Wildman–Crippen LogP) is 4.43. The summed E-state index contributed by atoms with van der Waals surface area (Å²) in [5.74, 6) is 1.31. The smallest absolute Gasteiger partial charge is 0.123 e. The van der Waals surface area contributed by atoms with Crippen LogP contribution in [0, 0.1) is 6.92 Å². The highest BCUT2D eigenvalue weighted by Gasteiger charge is 2.21. The molecule has 2 aromatic rings. The van der Waals surface area contributed by atoms with Gasteiger partial charge in [0.05, 0.1) is 12.5 Å². The van der Waals surface area contributed by atoms with Gasteiger partial charge < -0.3 is 9.47 Å². The highest BCUT2D eigenvalue weighted by Crippen LogP contribution is 2.29. The van der Waals surface area contributed by atoms with Crippen molar-refractivity contribution in [1.29, 1.82) is 0 Å². The Labute approximate surface area is 130 Å². The van der Waals surface area contributed by atoms with Crippen LogP contribution in [0.25, 0.3) is 0 Å². The first-order valence-electron chi connectivity index (χ1n) is 7.25. The lowest BCUT2D eigenvalue weighted by molar-refractivity contribution is 0.0100. The molecule has 0 spiro atoms. The fraction of sp³-hybridized carbons (Fsp3) is 0.333. The third-order valence-corrected chi connectivity index (χ3v) is 4.13. The maximum atomic E-state index is 6.00. The van der Waals surface area contributed by atoms with Crippen molar-refractivity contribution in [1.82, 2.24) is 0 Å². The minimum absolute atomic E-state index is 0.000529. The van der Waals surface area contributed by atoms with Gasteiger partial charge in [-0.3, -0.25) is 0 Å². The first-order chi connectivity index (χ1) is 10.3. The van der Waals surface area contributed by atoms with Crippen LogP contribution in [0.15, 0.2) is 42.5 Å². The van der Waals surface area contributed by atoms with E-state index in [1.165, 1.54) is 16.7 Å². The second-order valence-corrected chi connectivity index (χ2v) is 5.63. The van der Waals surface area contributed by atoms with E-state index in [-0.39, 0.29) is 6.10 Å². The summed E-state index contributed by atoms with van der Waals surface area (Å²) in [5.41, 5.74) is 4.82. The third kappa shape index (κ3) is 3.22. The van der Waals surface area contributed by atoms with Crippen LogP contribution in [0.2, 0.25) is 0 Å². The standard InChI is InChI=1S/C18H19ClO2/c1-13-6-7-17(15(10-13)11-19)21-12-18-16-5-3-2-4-14(16)8-9-20-18/h2-7,10,18H,8-9,11-12H2,1H3. The molecule has 3 rings (SSSR count). The van der Waals surface area contributed by atoms with E-state index in [1.807, 2.05) is 12.1 Å². The highest BCUT2D eigenvalue weighted by atomic mass is 35.5. The second-order valence-electron chi connectivity index (χ2n) is 5.36. The van der Waals surface area contributed by atoms with Crippen molar-refractivity contribution < 1.29 is 9.47 Å². The minimum Gasteiger partial charge on any atom is -0.490 e. The van der Waals surface area contributed by atoms with Gasteiger partial charge in [0.15, 0.2) is 0 Å². The first-order valence-corrected chi connectivity index (χ1v) is 7.79. The Balaban J connectivity index is 1.74. The number of fused-ring (bicyclic) bond motifs is 1. The Morgan fingerprint density at radius 3 is 2.95 bits per heavy atom. The van der Waals surface area contributed by atoms with Gasteiger partial charge in [-0.1, -0.05) is 42.0 Å². The molecular weight excluding hydrogens is 284 g/mol. The average molecular weight is 303 g/mol. The van der Waals surface area contributed by atoms with Crippen molar-refractivity contribution in [3.05, 3.63) is 64.7 Å². The molecule has 1 unspecified atom stereocenters. The van der Waals surface area contributed by atoms with Crippen LogP contribution in [0.3, 0.4) is 0 Å². The number of ether oxygens (including phenoxy) is 2. The SMILES string of the molecule is Cc1ccc(OCC2OCCc3ccccc32)c(CCl)c1. The van der Waals surface area contributed by atoms with E-state index in [0.717, 1.165) is 24.3 Å². The molecule has 21 heavy (non-hydrogen) atoms. The molecule has 0 bridgehead atoms. The molecule has 0 saturated heterocycles. The summed E-state index contributed by atoms with van der Waals surface area (Å²) >= 11 is 6.00. The van der Waals surface area contributed by atoms with Crippen molar-refractivity contribution in [2.45, 2.75) is 25.3 Å². The summed E-state index contributed by atoms with van der Waals surface area (Å²) < 4.78 is 11.8. The zero-order valence-corrected chi connectivity index (χ0v) is 12.9. The summed E-state index contributed by atoms with van der Waals surface area (Å²) in [6.07, 6.45) is 0.976. The van der Waals surface area contributed by atoms with Crippen molar-refractivity contribution in [2.75, 3.05) is 13.2 Å². The fourth-order valence-electron chi connectivity index (χ4n) is 2.73. The van der Waals surface area contributed by atoms with Crippen molar-refractivity contribution >= 4 is 11.6 Å². The molecule has 0 amide bonds. The maximum Gasteiger partial charge on any atom is 0.123 e. The number of alkyl halides is 1. The Hall–Kier alpha value is -1.51. The van der Waals surface area contributed by atoms with Gasteiger partial charge in [0, 0.05) is 5.56 Å². The maximum absolute atomic E-state index is 6.00. The van der Waals surface area contributed by atoms with Crippen LogP contribution >= 0.6 is 11.6 Å². The van der Waals surface area contributed by atoms with Crippen LogP contribution in [0.5, 0.6) is 5.75 Å². The molecule has 2 nitrogen and oxygen atoms in total. The largest absolute Gasteiger partial charge is 0.490 e. The summed E-state index contributed by atoms with van der Waals surface area (Å²) in [5, 5.41) is 0. The molecule has 1 aliphatic rings. The Morgan fingerprint density at radius 1 is 1.24 bits per heavy atom. The number of halogens is 1. The quantitative estimate of drug-likeness (QED) is 0.778. The highest BCUT2D eigenvalue weighted by molar-refractivity contribution is 6.17. The monoisotopic (exact) mass is 302 g/mol. The molecule has 2 aromatic carbocycles. The van der Waals surface area contributed by atoms with Gasteiger partial charge in [-0.15, -0.1) is 11.6 Å². The molecule has 0 aliphatic carbocycles. The van der Waals surface area contributed by atoms with E-state index < -0.39 is 0 Å². The molecule has 1 atom stereocenters. The molecule has 0 N–H and O–H groups in total. The summed E-state index contributed by atoms with van der Waals surface area (Å²) in [6.45, 7) is 3.32. The minimum atomic E-state index is -0.000529. The lowest BCUT2D eigenvalue weighted by Crippen LogP contribution is -2.21. The van der Waals surface area contributed by atoms with Crippen LogP contribution in [-0.4, -0.2) is 13.2 Å². The molecular formula is C18H19ClO2. The molecule has 0 saturated carbocycles. The van der Waals surface area contributed by atoms with E-state index in [2.05, 4.69) is 37.3 Å². The molecule has 0 aromatic heterocycles. The Morgan fingerprint density at radius 2 is 2.10 bits per heavy atom. The molecule has 0 radical (unpaired) electrons. The zero-order valence-electron chi connectivity index (χ0n) is 12.1. The van der Waals surface area contributed by atoms with E-state index >= 15 is 0 Å². The van der Waals surface area contributed by atoms with Crippen molar-refractivity contribution in [3.8, 4) is 5.75 Å². The van der Waals surface area contributed by atoms with Gasteiger partial charge in [0.2, 0.25) is 0 Å². The van der Waals surface area contributed by atoms with Crippen LogP contribution in [-0.2, 0) is 17.0 Å².